The summed E-state index contributed by atoms with van der Waals surface area (Å²) in [4.78, 5) is 22.4. The Balaban J connectivity index is 2.22. The van der Waals surface area contributed by atoms with Crippen molar-refractivity contribution in [2.75, 3.05) is 20.2 Å². The Labute approximate surface area is 113 Å². The summed E-state index contributed by atoms with van der Waals surface area (Å²) in [5.74, 6) is 0.524. The molecule has 104 valence electrons. The van der Waals surface area contributed by atoms with Gasteiger partial charge in [-0.05, 0) is 24.1 Å². The van der Waals surface area contributed by atoms with Gasteiger partial charge in [-0.1, -0.05) is 19.1 Å². The van der Waals surface area contributed by atoms with Gasteiger partial charge < -0.3 is 15.4 Å². The van der Waals surface area contributed by atoms with Gasteiger partial charge in [0.1, 0.15) is 5.75 Å². The Morgan fingerprint density at radius 2 is 1.79 bits per heavy atom. The van der Waals surface area contributed by atoms with Gasteiger partial charge in [-0.15, -0.1) is 0 Å². The lowest BCUT2D eigenvalue weighted by Gasteiger charge is -2.07. The maximum atomic E-state index is 11.4. The summed E-state index contributed by atoms with van der Waals surface area (Å²) in [7, 11) is 1.62. The van der Waals surface area contributed by atoms with E-state index in [1.54, 1.807) is 14.0 Å². The largest absolute Gasteiger partial charge is 0.497 e. The molecular formula is C14H20N2O3. The molecule has 0 aliphatic heterocycles. The average Bonchev–Trinajstić information content (AvgIpc) is 2.45. The van der Waals surface area contributed by atoms with E-state index in [1.165, 1.54) is 0 Å². The van der Waals surface area contributed by atoms with E-state index in [2.05, 4.69) is 10.6 Å². The molecule has 19 heavy (non-hydrogen) atoms. The fraction of sp³-hybridized carbons (Fsp3) is 0.429. The smallest absolute Gasteiger partial charge is 0.239 e. The second-order valence-electron chi connectivity index (χ2n) is 4.08. The van der Waals surface area contributed by atoms with Crippen LogP contribution in [-0.2, 0) is 16.0 Å². The Morgan fingerprint density at radius 3 is 2.37 bits per heavy atom. The van der Waals surface area contributed by atoms with E-state index in [0.717, 1.165) is 17.7 Å². The second-order valence-corrected chi connectivity index (χ2v) is 4.08. The summed E-state index contributed by atoms with van der Waals surface area (Å²) in [6, 6.07) is 7.70. The number of amides is 2. The summed E-state index contributed by atoms with van der Waals surface area (Å²) in [6.07, 6.45) is 1.14. The predicted octanol–water partition coefficient (Wildman–Crippen LogP) is 0.880. The molecule has 0 aliphatic carbocycles. The highest BCUT2D eigenvalue weighted by Crippen LogP contribution is 2.11. The van der Waals surface area contributed by atoms with Gasteiger partial charge in [0.25, 0.3) is 0 Å². The zero-order chi connectivity index (χ0) is 14.1. The van der Waals surface area contributed by atoms with Crippen LogP contribution in [0.5, 0.6) is 5.75 Å². The van der Waals surface area contributed by atoms with Crippen molar-refractivity contribution in [1.82, 2.24) is 10.6 Å². The van der Waals surface area contributed by atoms with Crippen molar-refractivity contribution in [3.63, 3.8) is 0 Å². The summed E-state index contributed by atoms with van der Waals surface area (Å²) in [5, 5.41) is 5.28. The standard InChI is InChI=1S/C14H20N2O3/c1-3-13(17)16-10-14(18)15-9-8-11-4-6-12(19-2)7-5-11/h4-7H,3,8-10H2,1-2H3,(H,15,18)(H,16,17). The quantitative estimate of drug-likeness (QED) is 0.768. The number of nitrogens with one attached hydrogen (secondary N) is 2. The molecule has 2 amide bonds. The molecule has 2 N–H and O–H groups in total. The van der Waals surface area contributed by atoms with E-state index in [4.69, 9.17) is 4.74 Å². The third-order valence-corrected chi connectivity index (χ3v) is 2.66. The molecule has 1 rings (SSSR count). The Morgan fingerprint density at radius 1 is 1.11 bits per heavy atom. The van der Waals surface area contributed by atoms with Crippen molar-refractivity contribution in [2.24, 2.45) is 0 Å². The number of rotatable bonds is 7. The highest BCUT2D eigenvalue weighted by molar-refractivity contribution is 5.84. The second kappa shape index (κ2) is 8.13. The van der Waals surface area contributed by atoms with Gasteiger partial charge in [-0.2, -0.15) is 0 Å². The van der Waals surface area contributed by atoms with Gasteiger partial charge >= 0.3 is 0 Å². The van der Waals surface area contributed by atoms with Crippen LogP contribution in [0, 0.1) is 0 Å². The van der Waals surface area contributed by atoms with Crippen molar-refractivity contribution in [2.45, 2.75) is 19.8 Å². The molecule has 0 atom stereocenters. The number of benzene rings is 1. The maximum Gasteiger partial charge on any atom is 0.239 e. The maximum absolute atomic E-state index is 11.4. The minimum atomic E-state index is -0.171. The Bertz CT molecular complexity index is 415. The van der Waals surface area contributed by atoms with Crippen LogP contribution in [-0.4, -0.2) is 32.0 Å². The minimum absolute atomic E-state index is 0.0370. The molecule has 0 heterocycles. The van der Waals surface area contributed by atoms with Crippen LogP contribution >= 0.6 is 0 Å². The van der Waals surface area contributed by atoms with Gasteiger partial charge in [-0.3, -0.25) is 9.59 Å². The van der Waals surface area contributed by atoms with Crippen molar-refractivity contribution >= 4 is 11.8 Å². The fourth-order valence-electron chi connectivity index (χ4n) is 1.50. The van der Waals surface area contributed by atoms with Gasteiger partial charge in [0.15, 0.2) is 0 Å². The summed E-state index contributed by atoms with van der Waals surface area (Å²) < 4.78 is 5.07. The average molecular weight is 264 g/mol. The monoisotopic (exact) mass is 264 g/mol. The van der Waals surface area contributed by atoms with E-state index in [1.807, 2.05) is 24.3 Å². The van der Waals surface area contributed by atoms with Crippen LogP contribution in [0.2, 0.25) is 0 Å². The van der Waals surface area contributed by atoms with E-state index in [0.29, 0.717) is 13.0 Å². The molecular weight excluding hydrogens is 244 g/mol. The van der Waals surface area contributed by atoms with Gasteiger partial charge in [0, 0.05) is 13.0 Å². The van der Waals surface area contributed by atoms with Crippen LogP contribution < -0.4 is 15.4 Å². The number of methoxy groups -OCH3 is 1. The first-order chi connectivity index (χ1) is 9.15. The topological polar surface area (TPSA) is 67.4 Å². The molecule has 0 aliphatic rings. The fourth-order valence-corrected chi connectivity index (χ4v) is 1.50. The highest BCUT2D eigenvalue weighted by Gasteiger charge is 2.03. The third kappa shape index (κ3) is 5.90. The first kappa shape index (κ1) is 15.0. The molecule has 0 saturated heterocycles. The molecule has 1 aromatic carbocycles. The van der Waals surface area contributed by atoms with Gasteiger partial charge in [0.2, 0.25) is 11.8 Å². The van der Waals surface area contributed by atoms with Gasteiger partial charge in [0.05, 0.1) is 13.7 Å². The van der Waals surface area contributed by atoms with E-state index >= 15 is 0 Å². The van der Waals surface area contributed by atoms with Crippen molar-refractivity contribution in [3.8, 4) is 5.75 Å². The van der Waals surface area contributed by atoms with Crippen LogP contribution in [0.3, 0.4) is 0 Å². The zero-order valence-corrected chi connectivity index (χ0v) is 11.4. The lowest BCUT2D eigenvalue weighted by molar-refractivity contribution is -0.125. The molecule has 0 spiro atoms. The molecule has 0 fully saturated rings. The Hall–Kier alpha value is -2.04. The SMILES string of the molecule is CCC(=O)NCC(=O)NCCc1ccc(OC)cc1. The molecule has 0 bridgehead atoms. The Kier molecular flexibility index (Phi) is 6.43. The summed E-state index contributed by atoms with van der Waals surface area (Å²) in [6.45, 7) is 2.33. The van der Waals surface area contributed by atoms with E-state index < -0.39 is 0 Å². The summed E-state index contributed by atoms with van der Waals surface area (Å²) in [5.41, 5.74) is 1.12. The normalized spacial score (nSPS) is 9.79. The van der Waals surface area contributed by atoms with Crippen LogP contribution in [0.25, 0.3) is 0 Å². The highest BCUT2D eigenvalue weighted by atomic mass is 16.5. The van der Waals surface area contributed by atoms with E-state index in [-0.39, 0.29) is 18.4 Å². The van der Waals surface area contributed by atoms with Crippen molar-refractivity contribution in [1.29, 1.82) is 0 Å². The lowest BCUT2D eigenvalue weighted by atomic mass is 10.1. The number of hydrogen-bond acceptors (Lipinski definition) is 3. The third-order valence-electron chi connectivity index (χ3n) is 2.66. The van der Waals surface area contributed by atoms with Crippen molar-refractivity contribution in [3.05, 3.63) is 29.8 Å². The first-order valence-electron chi connectivity index (χ1n) is 6.32. The molecule has 0 saturated carbocycles. The predicted molar refractivity (Wildman–Crippen MR) is 73.0 cm³/mol. The molecule has 5 heteroatoms. The number of ether oxygens (including phenoxy) is 1. The van der Waals surface area contributed by atoms with Crippen LogP contribution in [0.4, 0.5) is 0 Å². The van der Waals surface area contributed by atoms with Crippen LogP contribution in [0.15, 0.2) is 24.3 Å². The molecule has 0 radical (unpaired) electrons. The number of carbonyl (C=O) groups is 2. The van der Waals surface area contributed by atoms with Crippen LogP contribution in [0.1, 0.15) is 18.9 Å². The molecule has 0 unspecified atom stereocenters. The number of carbonyl (C=O) groups excluding carboxylic acids is 2. The van der Waals surface area contributed by atoms with Crippen molar-refractivity contribution < 1.29 is 14.3 Å². The zero-order valence-electron chi connectivity index (χ0n) is 11.4. The summed E-state index contributed by atoms with van der Waals surface area (Å²) >= 11 is 0. The minimum Gasteiger partial charge on any atom is -0.497 e. The first-order valence-corrected chi connectivity index (χ1v) is 6.32. The van der Waals surface area contributed by atoms with Gasteiger partial charge in [-0.25, -0.2) is 0 Å². The lowest BCUT2D eigenvalue weighted by Crippen LogP contribution is -2.37. The molecule has 5 nitrogen and oxygen atoms in total. The molecule has 1 aromatic rings. The molecule has 0 aromatic heterocycles. The number of hydrogen-bond donors (Lipinski definition) is 2. The van der Waals surface area contributed by atoms with E-state index in [9.17, 15) is 9.59 Å².